The Morgan fingerprint density at radius 3 is 2.45 bits per heavy atom. The van der Waals surface area contributed by atoms with E-state index in [4.69, 9.17) is 23.2 Å². The molecule has 1 spiro atoms. The molecule has 38 heavy (non-hydrogen) atoms. The first-order chi connectivity index (χ1) is 18.1. The summed E-state index contributed by atoms with van der Waals surface area (Å²) >= 11 is 12.4. The Morgan fingerprint density at radius 2 is 1.82 bits per heavy atom. The SMILES string of the molecule is CN1C(=O)N(c2cc(Cl)cc(Cl)c2)C(=O)[C@]12CN(Cc1cncc(C(=O)O)c1)C[C@H]2c1ccc(C#N)cc1. The molecular weight excluding hydrogens is 529 g/mol. The van der Waals surface area contributed by atoms with Crippen molar-refractivity contribution in [1.82, 2.24) is 14.8 Å². The summed E-state index contributed by atoms with van der Waals surface area (Å²) in [5, 5.41) is 19.2. The van der Waals surface area contributed by atoms with Gasteiger partial charge in [-0.1, -0.05) is 35.3 Å². The predicted molar refractivity (Wildman–Crippen MR) is 140 cm³/mol. The first-order valence-corrected chi connectivity index (χ1v) is 12.4. The van der Waals surface area contributed by atoms with Crippen LogP contribution in [0, 0.1) is 11.3 Å². The fraction of sp³-hybridized carbons (Fsp3) is 0.222. The number of hydrogen-bond donors (Lipinski definition) is 1. The maximum Gasteiger partial charge on any atom is 0.337 e. The van der Waals surface area contributed by atoms with Gasteiger partial charge in [0.15, 0.2) is 0 Å². The molecule has 0 unspecified atom stereocenters. The van der Waals surface area contributed by atoms with E-state index in [0.29, 0.717) is 34.3 Å². The average molecular weight is 550 g/mol. The van der Waals surface area contributed by atoms with Crippen molar-refractivity contribution >= 4 is 46.8 Å². The molecule has 0 radical (unpaired) electrons. The van der Waals surface area contributed by atoms with Gasteiger partial charge in [-0.2, -0.15) is 5.26 Å². The van der Waals surface area contributed by atoms with Crippen LogP contribution in [0.25, 0.3) is 0 Å². The van der Waals surface area contributed by atoms with Crippen LogP contribution in [0.1, 0.15) is 33.0 Å². The van der Waals surface area contributed by atoms with E-state index in [9.17, 15) is 24.8 Å². The summed E-state index contributed by atoms with van der Waals surface area (Å²) in [7, 11) is 1.60. The number of carboxylic acid groups (broad SMARTS) is 1. The van der Waals surface area contributed by atoms with Crippen LogP contribution >= 0.6 is 23.2 Å². The summed E-state index contributed by atoms with van der Waals surface area (Å²) < 4.78 is 0. The molecule has 2 aromatic carbocycles. The van der Waals surface area contributed by atoms with Gasteiger partial charge in [0.1, 0.15) is 5.54 Å². The number of nitriles is 1. The molecule has 9 nitrogen and oxygen atoms in total. The molecule has 1 N–H and O–H groups in total. The summed E-state index contributed by atoms with van der Waals surface area (Å²) in [6.07, 6.45) is 2.86. The number of urea groups is 1. The number of imide groups is 1. The Kier molecular flexibility index (Phi) is 6.57. The van der Waals surface area contributed by atoms with E-state index in [1.807, 2.05) is 4.90 Å². The predicted octanol–water partition coefficient (Wildman–Crippen LogP) is 4.40. The monoisotopic (exact) mass is 549 g/mol. The quantitative estimate of drug-likeness (QED) is 0.468. The van der Waals surface area contributed by atoms with E-state index in [0.717, 1.165) is 10.5 Å². The minimum Gasteiger partial charge on any atom is -0.478 e. The molecule has 2 saturated heterocycles. The number of likely N-dealkylation sites (N-methyl/N-ethyl adjacent to an activating group) is 1. The number of rotatable bonds is 5. The van der Waals surface area contributed by atoms with Crippen LogP contribution in [0.3, 0.4) is 0 Å². The van der Waals surface area contributed by atoms with E-state index in [1.165, 1.54) is 29.3 Å². The number of benzene rings is 2. The molecule has 3 heterocycles. The fourth-order valence-electron chi connectivity index (χ4n) is 5.36. The fourth-order valence-corrected chi connectivity index (χ4v) is 5.88. The third-order valence-corrected chi connectivity index (χ3v) is 7.56. The highest BCUT2D eigenvalue weighted by atomic mass is 35.5. The summed E-state index contributed by atoms with van der Waals surface area (Å²) in [5.41, 5.74) is 1.01. The number of halogens is 2. The molecule has 3 aromatic rings. The molecule has 0 bridgehead atoms. The Labute approximate surface area is 228 Å². The molecule has 0 saturated carbocycles. The van der Waals surface area contributed by atoms with Crippen LogP contribution in [0.15, 0.2) is 60.9 Å². The first-order valence-electron chi connectivity index (χ1n) is 11.6. The number of anilines is 1. The molecule has 2 atom stereocenters. The third kappa shape index (κ3) is 4.27. The molecule has 5 rings (SSSR count). The van der Waals surface area contributed by atoms with Gasteiger partial charge in [0.2, 0.25) is 0 Å². The van der Waals surface area contributed by atoms with Crippen molar-refractivity contribution in [2.75, 3.05) is 25.0 Å². The van der Waals surface area contributed by atoms with Crippen molar-refractivity contribution in [3.8, 4) is 6.07 Å². The van der Waals surface area contributed by atoms with Gasteiger partial charge in [0.25, 0.3) is 5.91 Å². The molecular formula is C27H21Cl2N5O4. The van der Waals surface area contributed by atoms with E-state index in [2.05, 4.69) is 11.1 Å². The highest BCUT2D eigenvalue weighted by Gasteiger charge is 2.64. The van der Waals surface area contributed by atoms with Crippen LogP contribution in [0.4, 0.5) is 10.5 Å². The lowest BCUT2D eigenvalue weighted by Gasteiger charge is -2.34. The molecule has 11 heteroatoms. The number of amides is 3. The molecule has 3 amide bonds. The number of likely N-dealkylation sites (tertiary alicyclic amines) is 1. The van der Waals surface area contributed by atoms with Crippen LogP contribution < -0.4 is 4.90 Å². The van der Waals surface area contributed by atoms with Crippen LogP contribution in [0.5, 0.6) is 0 Å². The number of carboxylic acids is 1. The second kappa shape index (κ2) is 9.72. The van der Waals surface area contributed by atoms with Crippen molar-refractivity contribution in [3.63, 3.8) is 0 Å². The molecule has 1 aromatic heterocycles. The van der Waals surface area contributed by atoms with Crippen LogP contribution in [0.2, 0.25) is 10.0 Å². The van der Waals surface area contributed by atoms with Crippen molar-refractivity contribution in [2.45, 2.75) is 18.0 Å². The Hall–Kier alpha value is -3.97. The van der Waals surface area contributed by atoms with Crippen molar-refractivity contribution in [2.24, 2.45) is 0 Å². The smallest absolute Gasteiger partial charge is 0.337 e. The van der Waals surface area contributed by atoms with Crippen molar-refractivity contribution in [3.05, 3.63) is 93.2 Å². The van der Waals surface area contributed by atoms with Gasteiger partial charge in [0.05, 0.1) is 22.9 Å². The van der Waals surface area contributed by atoms with Gasteiger partial charge in [-0.05, 0) is 47.5 Å². The molecule has 2 fully saturated rings. The highest BCUT2D eigenvalue weighted by molar-refractivity contribution is 6.35. The minimum atomic E-state index is -1.27. The number of nitrogens with zero attached hydrogens (tertiary/aromatic N) is 5. The van der Waals surface area contributed by atoms with Gasteiger partial charge < -0.3 is 10.0 Å². The summed E-state index contributed by atoms with van der Waals surface area (Å²) in [5.74, 6) is -1.94. The van der Waals surface area contributed by atoms with Gasteiger partial charge in [-0.15, -0.1) is 0 Å². The van der Waals surface area contributed by atoms with E-state index in [1.54, 1.807) is 43.6 Å². The maximum atomic E-state index is 14.2. The van der Waals surface area contributed by atoms with Crippen LogP contribution in [-0.4, -0.2) is 63.5 Å². The van der Waals surface area contributed by atoms with E-state index in [-0.39, 0.29) is 17.8 Å². The third-order valence-electron chi connectivity index (χ3n) is 7.13. The van der Waals surface area contributed by atoms with Gasteiger partial charge in [-0.25, -0.2) is 14.5 Å². The second-order valence-corrected chi connectivity index (χ2v) is 10.2. The summed E-state index contributed by atoms with van der Waals surface area (Å²) in [4.78, 5) is 47.8. The Morgan fingerprint density at radius 1 is 1.13 bits per heavy atom. The van der Waals surface area contributed by atoms with Crippen LogP contribution in [-0.2, 0) is 11.3 Å². The Bertz CT molecular complexity index is 1490. The lowest BCUT2D eigenvalue weighted by atomic mass is 9.80. The number of carbonyl (C=O) groups excluding carboxylic acids is 2. The average Bonchev–Trinajstić information content (AvgIpc) is 3.35. The molecule has 0 aliphatic carbocycles. The number of hydrogen-bond acceptors (Lipinski definition) is 6. The molecule has 2 aliphatic heterocycles. The molecule has 192 valence electrons. The topological polar surface area (TPSA) is 118 Å². The highest BCUT2D eigenvalue weighted by Crippen LogP contribution is 2.47. The molecule has 2 aliphatic rings. The van der Waals surface area contributed by atoms with Gasteiger partial charge in [0, 0.05) is 55.0 Å². The van der Waals surface area contributed by atoms with Crippen molar-refractivity contribution < 1.29 is 19.5 Å². The first kappa shape index (κ1) is 25.7. The van der Waals surface area contributed by atoms with Crippen molar-refractivity contribution in [1.29, 1.82) is 5.26 Å². The number of pyridine rings is 1. The van der Waals surface area contributed by atoms with E-state index >= 15 is 0 Å². The number of aromatic nitrogens is 1. The summed E-state index contributed by atoms with van der Waals surface area (Å²) in [6, 6.07) is 14.6. The minimum absolute atomic E-state index is 0.0632. The zero-order valence-electron chi connectivity index (χ0n) is 20.1. The lowest BCUT2D eigenvalue weighted by molar-refractivity contribution is -0.124. The standard InChI is InChI=1S/C27H21Cl2N5O4/c1-32-26(38)34(22-8-20(28)7-21(29)9-22)25(37)27(32)15-33(13-17-6-19(24(35)36)12-31-11-17)14-23(27)18-4-2-16(10-30)3-5-18/h2-9,11-12,23H,13-15H2,1H3,(H,35,36)/t23-,27+/m0/s1. The van der Waals surface area contributed by atoms with Gasteiger partial charge in [-0.3, -0.25) is 14.7 Å². The number of aromatic carboxylic acids is 1. The largest absolute Gasteiger partial charge is 0.478 e. The number of carbonyl (C=O) groups is 3. The zero-order valence-corrected chi connectivity index (χ0v) is 21.6. The Balaban J connectivity index is 1.57. The van der Waals surface area contributed by atoms with E-state index < -0.39 is 29.4 Å². The summed E-state index contributed by atoms with van der Waals surface area (Å²) in [6.45, 7) is 0.915. The second-order valence-electron chi connectivity index (χ2n) is 9.38. The normalized spacial score (nSPS) is 21.4. The maximum absolute atomic E-state index is 14.2. The van der Waals surface area contributed by atoms with Gasteiger partial charge >= 0.3 is 12.0 Å². The zero-order chi connectivity index (χ0) is 27.2. The lowest BCUT2D eigenvalue weighted by Crippen LogP contribution is -2.53.